The standard InChI is InChI=1S/C33H58N2O2/c1-22(2)9-8-10-23(3)27-14-15-28-26-13-12-24-21-25(37-31(36)30(35)11-6-7-20-34)16-18-32(24,4)29(26)17-19-33(27,28)5/h12,22-23,25-30H,6-11,13-21,34-35H2,1-5H3/t23-,25?,26+,27-,28+,29+,30+,32+,33-/m1/s1. The van der Waals surface area contributed by atoms with Crippen LogP contribution >= 0.6 is 0 Å². The minimum atomic E-state index is -0.510. The van der Waals surface area contributed by atoms with E-state index in [0.717, 1.165) is 67.6 Å². The number of esters is 1. The molecular weight excluding hydrogens is 456 g/mol. The Morgan fingerprint density at radius 1 is 1.00 bits per heavy atom. The molecule has 4 N–H and O–H groups in total. The van der Waals surface area contributed by atoms with E-state index in [1.165, 1.54) is 51.4 Å². The third-order valence-electron chi connectivity index (χ3n) is 11.8. The molecule has 0 aromatic heterocycles. The molecule has 0 bridgehead atoms. The number of allylic oxidation sites excluding steroid dienone is 1. The lowest BCUT2D eigenvalue weighted by molar-refractivity contribution is -0.153. The van der Waals surface area contributed by atoms with Crippen LogP contribution in [0.4, 0.5) is 0 Å². The molecule has 0 amide bonds. The van der Waals surface area contributed by atoms with Gasteiger partial charge >= 0.3 is 5.97 Å². The van der Waals surface area contributed by atoms with Crippen molar-refractivity contribution >= 4 is 5.97 Å². The van der Waals surface area contributed by atoms with Crippen molar-refractivity contribution in [1.29, 1.82) is 0 Å². The third-order valence-corrected chi connectivity index (χ3v) is 11.8. The summed E-state index contributed by atoms with van der Waals surface area (Å²) >= 11 is 0. The zero-order chi connectivity index (χ0) is 26.8. The second-order valence-electron chi connectivity index (χ2n) is 14.5. The molecule has 4 heteroatoms. The van der Waals surface area contributed by atoms with Gasteiger partial charge in [-0.15, -0.1) is 0 Å². The zero-order valence-corrected chi connectivity index (χ0v) is 24.8. The molecule has 4 rings (SSSR count). The van der Waals surface area contributed by atoms with Gasteiger partial charge in [0, 0.05) is 6.42 Å². The van der Waals surface area contributed by atoms with Crippen molar-refractivity contribution in [3.05, 3.63) is 11.6 Å². The number of rotatable bonds is 11. The van der Waals surface area contributed by atoms with Gasteiger partial charge in [-0.3, -0.25) is 4.79 Å². The maximum Gasteiger partial charge on any atom is 0.323 e. The van der Waals surface area contributed by atoms with Gasteiger partial charge < -0.3 is 16.2 Å². The number of fused-ring (bicyclic) bond motifs is 5. The molecule has 3 saturated carbocycles. The lowest BCUT2D eigenvalue weighted by Crippen LogP contribution is -2.51. The fraction of sp³-hybridized carbons (Fsp3) is 0.909. The Bertz CT molecular complexity index is 808. The highest BCUT2D eigenvalue weighted by molar-refractivity contribution is 5.75. The van der Waals surface area contributed by atoms with Gasteiger partial charge in [0.2, 0.25) is 0 Å². The molecule has 0 heterocycles. The van der Waals surface area contributed by atoms with Gasteiger partial charge in [-0.1, -0.05) is 72.0 Å². The van der Waals surface area contributed by atoms with Crippen molar-refractivity contribution in [2.75, 3.05) is 6.54 Å². The van der Waals surface area contributed by atoms with Gasteiger partial charge in [0.25, 0.3) is 0 Å². The van der Waals surface area contributed by atoms with Crippen LogP contribution in [0.3, 0.4) is 0 Å². The summed E-state index contributed by atoms with van der Waals surface area (Å²) in [5, 5.41) is 0. The Kier molecular flexibility index (Phi) is 9.53. The smallest absolute Gasteiger partial charge is 0.323 e. The summed E-state index contributed by atoms with van der Waals surface area (Å²) in [7, 11) is 0. The highest BCUT2D eigenvalue weighted by Gasteiger charge is 2.59. The van der Waals surface area contributed by atoms with E-state index in [9.17, 15) is 4.79 Å². The van der Waals surface area contributed by atoms with Gasteiger partial charge in [0.15, 0.2) is 0 Å². The van der Waals surface area contributed by atoms with Crippen LogP contribution in [0.25, 0.3) is 0 Å². The van der Waals surface area contributed by atoms with E-state index >= 15 is 0 Å². The van der Waals surface area contributed by atoms with Crippen LogP contribution in [0.2, 0.25) is 0 Å². The predicted octanol–water partition coefficient (Wildman–Crippen LogP) is 7.40. The third kappa shape index (κ3) is 6.01. The van der Waals surface area contributed by atoms with Gasteiger partial charge in [0.1, 0.15) is 12.1 Å². The quantitative estimate of drug-likeness (QED) is 0.171. The summed E-state index contributed by atoms with van der Waals surface area (Å²) in [5.41, 5.74) is 14.1. The summed E-state index contributed by atoms with van der Waals surface area (Å²) in [6.07, 6.45) is 19.2. The van der Waals surface area contributed by atoms with Crippen LogP contribution < -0.4 is 11.5 Å². The van der Waals surface area contributed by atoms with E-state index in [1.54, 1.807) is 5.57 Å². The maximum absolute atomic E-state index is 12.6. The molecular formula is C33H58N2O2. The molecule has 0 aliphatic heterocycles. The predicted molar refractivity (Wildman–Crippen MR) is 154 cm³/mol. The number of carbonyl (C=O) groups excluding carboxylic acids is 1. The number of hydrogen-bond acceptors (Lipinski definition) is 4. The Labute approximate surface area is 228 Å². The molecule has 1 unspecified atom stereocenters. The van der Waals surface area contributed by atoms with Gasteiger partial charge in [-0.25, -0.2) is 0 Å². The van der Waals surface area contributed by atoms with E-state index in [2.05, 4.69) is 40.7 Å². The molecule has 0 radical (unpaired) electrons. The molecule has 0 aromatic carbocycles. The summed E-state index contributed by atoms with van der Waals surface area (Å²) < 4.78 is 5.95. The molecule has 0 spiro atoms. The molecule has 212 valence electrons. The lowest BCUT2D eigenvalue weighted by Gasteiger charge is -2.58. The van der Waals surface area contributed by atoms with Crippen molar-refractivity contribution in [2.45, 2.75) is 137 Å². The van der Waals surface area contributed by atoms with Crippen molar-refractivity contribution in [3.63, 3.8) is 0 Å². The van der Waals surface area contributed by atoms with E-state index in [1.807, 2.05) is 0 Å². The van der Waals surface area contributed by atoms with Gasteiger partial charge in [0.05, 0.1) is 0 Å². The first kappa shape index (κ1) is 29.1. The molecule has 0 saturated heterocycles. The number of carbonyl (C=O) groups is 1. The second kappa shape index (κ2) is 12.1. The van der Waals surface area contributed by atoms with E-state index < -0.39 is 6.04 Å². The first-order chi connectivity index (χ1) is 17.6. The number of hydrogen-bond donors (Lipinski definition) is 2. The number of nitrogens with two attached hydrogens (primary N) is 2. The Hall–Kier alpha value is -0.870. The van der Waals surface area contributed by atoms with Gasteiger partial charge in [-0.2, -0.15) is 0 Å². The largest absolute Gasteiger partial charge is 0.461 e. The van der Waals surface area contributed by atoms with Gasteiger partial charge in [-0.05, 0) is 111 Å². The molecule has 3 fully saturated rings. The highest BCUT2D eigenvalue weighted by atomic mass is 16.5. The molecule has 4 aliphatic rings. The Morgan fingerprint density at radius 2 is 1.78 bits per heavy atom. The van der Waals surface area contributed by atoms with Crippen LogP contribution in [-0.4, -0.2) is 24.7 Å². The van der Waals surface area contributed by atoms with E-state index in [0.29, 0.717) is 18.4 Å². The second-order valence-corrected chi connectivity index (χ2v) is 14.5. The normalized spacial score (nSPS) is 38.8. The Morgan fingerprint density at radius 3 is 2.51 bits per heavy atom. The van der Waals surface area contributed by atoms with Crippen molar-refractivity contribution in [2.24, 2.45) is 57.8 Å². The van der Waals surface area contributed by atoms with Crippen molar-refractivity contribution in [1.82, 2.24) is 0 Å². The fourth-order valence-electron chi connectivity index (χ4n) is 9.63. The lowest BCUT2D eigenvalue weighted by atomic mass is 9.47. The fourth-order valence-corrected chi connectivity index (χ4v) is 9.63. The van der Waals surface area contributed by atoms with Crippen LogP contribution in [0.5, 0.6) is 0 Å². The van der Waals surface area contributed by atoms with Crippen LogP contribution in [0.15, 0.2) is 11.6 Å². The van der Waals surface area contributed by atoms with Crippen LogP contribution in [-0.2, 0) is 9.53 Å². The van der Waals surface area contributed by atoms with E-state index in [-0.39, 0.29) is 17.5 Å². The van der Waals surface area contributed by atoms with E-state index in [4.69, 9.17) is 16.2 Å². The summed E-state index contributed by atoms with van der Waals surface area (Å²) in [4.78, 5) is 12.6. The molecule has 0 aromatic rings. The topological polar surface area (TPSA) is 78.3 Å². The Balaban J connectivity index is 1.38. The van der Waals surface area contributed by atoms with Crippen LogP contribution in [0.1, 0.15) is 125 Å². The SMILES string of the molecule is CC(C)CCC[C@@H](C)[C@H]1CC[C@H]2[C@@H]3CC=C4CC(OC(=O)[C@@H](N)CCCCN)CC[C@]4(C)[C@H]3CC[C@]12C. The first-order valence-electron chi connectivity index (χ1n) is 16.0. The minimum absolute atomic E-state index is 0.000314. The molecule has 4 nitrogen and oxygen atoms in total. The average molecular weight is 515 g/mol. The monoisotopic (exact) mass is 514 g/mol. The number of unbranched alkanes of at least 4 members (excludes halogenated alkanes) is 1. The summed E-state index contributed by atoms with van der Waals surface area (Å²) in [5.74, 6) is 4.92. The molecule has 4 aliphatic carbocycles. The van der Waals surface area contributed by atoms with Crippen molar-refractivity contribution < 1.29 is 9.53 Å². The summed E-state index contributed by atoms with van der Waals surface area (Å²) in [6.45, 7) is 13.2. The number of ether oxygens (including phenoxy) is 1. The molecule has 9 atom stereocenters. The first-order valence-corrected chi connectivity index (χ1v) is 16.0. The average Bonchev–Trinajstić information content (AvgIpc) is 3.21. The maximum atomic E-state index is 12.6. The summed E-state index contributed by atoms with van der Waals surface area (Å²) in [6, 6.07) is -0.510. The van der Waals surface area contributed by atoms with Crippen LogP contribution in [0, 0.1) is 46.3 Å². The minimum Gasteiger partial charge on any atom is -0.461 e. The van der Waals surface area contributed by atoms with Crippen molar-refractivity contribution in [3.8, 4) is 0 Å². The highest BCUT2D eigenvalue weighted by Crippen LogP contribution is 2.67. The zero-order valence-electron chi connectivity index (χ0n) is 24.8. The molecule has 37 heavy (non-hydrogen) atoms.